The zero-order chi connectivity index (χ0) is 16.9. The van der Waals surface area contributed by atoms with Crippen molar-refractivity contribution >= 4 is 11.3 Å². The highest BCUT2D eigenvalue weighted by Crippen LogP contribution is 2.23. The maximum atomic E-state index is 8.96. The summed E-state index contributed by atoms with van der Waals surface area (Å²) >= 11 is 1.57. The van der Waals surface area contributed by atoms with Gasteiger partial charge in [0.15, 0.2) is 5.82 Å². The first-order chi connectivity index (χ1) is 11.7. The van der Waals surface area contributed by atoms with E-state index < -0.39 is 0 Å². The molecule has 0 bridgehead atoms. The Morgan fingerprint density at radius 2 is 2.25 bits per heavy atom. The zero-order valence-electron chi connectivity index (χ0n) is 13.4. The van der Waals surface area contributed by atoms with Gasteiger partial charge in [-0.25, -0.2) is 4.98 Å². The van der Waals surface area contributed by atoms with Crippen LogP contribution in [0.15, 0.2) is 34.2 Å². The van der Waals surface area contributed by atoms with Crippen LogP contribution in [0, 0.1) is 11.3 Å². The van der Waals surface area contributed by atoms with Crippen molar-refractivity contribution in [2.24, 2.45) is 0 Å². The van der Waals surface area contributed by atoms with Crippen LogP contribution in [0.3, 0.4) is 0 Å². The van der Waals surface area contributed by atoms with E-state index in [1.807, 2.05) is 25.3 Å². The highest BCUT2D eigenvalue weighted by molar-refractivity contribution is 7.09. The molecule has 0 saturated heterocycles. The molecule has 2 aromatic heterocycles. The third-order valence-electron chi connectivity index (χ3n) is 3.38. The van der Waals surface area contributed by atoms with Gasteiger partial charge in [0.25, 0.3) is 5.89 Å². The molecule has 1 aromatic carbocycles. The van der Waals surface area contributed by atoms with Gasteiger partial charge in [0.05, 0.1) is 23.7 Å². The molecule has 0 saturated carbocycles. The van der Waals surface area contributed by atoms with Gasteiger partial charge in [-0.2, -0.15) is 10.2 Å². The first-order valence-electron chi connectivity index (χ1n) is 7.58. The van der Waals surface area contributed by atoms with E-state index >= 15 is 0 Å². The third kappa shape index (κ3) is 3.67. The SMILES string of the molecule is CCO[C@@H](C)c1nc(Cc2noc(-c3cccc(C#N)c3)n2)cs1. The molecule has 0 amide bonds. The summed E-state index contributed by atoms with van der Waals surface area (Å²) in [4.78, 5) is 8.95. The molecule has 0 aliphatic rings. The molecule has 6 nitrogen and oxygen atoms in total. The van der Waals surface area contributed by atoms with Crippen molar-refractivity contribution in [1.82, 2.24) is 15.1 Å². The fraction of sp³-hybridized carbons (Fsp3) is 0.294. The molecule has 0 aliphatic carbocycles. The summed E-state index contributed by atoms with van der Waals surface area (Å²) in [5.41, 5.74) is 2.18. The number of aromatic nitrogens is 3. The second-order valence-corrected chi connectivity index (χ2v) is 6.05. The van der Waals surface area contributed by atoms with Crippen molar-refractivity contribution in [1.29, 1.82) is 5.26 Å². The number of thiazole rings is 1. The van der Waals surface area contributed by atoms with E-state index in [0.717, 1.165) is 16.3 Å². The van der Waals surface area contributed by atoms with E-state index in [1.165, 1.54) is 0 Å². The van der Waals surface area contributed by atoms with Crippen molar-refractivity contribution in [3.05, 3.63) is 51.7 Å². The molecule has 7 heteroatoms. The van der Waals surface area contributed by atoms with E-state index in [-0.39, 0.29) is 6.10 Å². The van der Waals surface area contributed by atoms with E-state index in [1.54, 1.807) is 29.5 Å². The minimum absolute atomic E-state index is 0.0108. The molecule has 0 N–H and O–H groups in total. The highest BCUT2D eigenvalue weighted by Gasteiger charge is 2.14. The topological polar surface area (TPSA) is 84.8 Å². The second-order valence-electron chi connectivity index (χ2n) is 5.16. The van der Waals surface area contributed by atoms with Gasteiger partial charge in [-0.05, 0) is 32.0 Å². The number of hydrogen-bond acceptors (Lipinski definition) is 7. The molecule has 0 aliphatic heterocycles. The van der Waals surface area contributed by atoms with Gasteiger partial charge in [-0.3, -0.25) is 0 Å². The first kappa shape index (κ1) is 16.3. The predicted octanol–water partition coefficient (Wildman–Crippen LogP) is 3.75. The highest BCUT2D eigenvalue weighted by atomic mass is 32.1. The van der Waals surface area contributed by atoms with Gasteiger partial charge in [-0.15, -0.1) is 11.3 Å². The van der Waals surface area contributed by atoms with Crippen LogP contribution in [0.25, 0.3) is 11.5 Å². The van der Waals surface area contributed by atoms with Gasteiger partial charge in [0.2, 0.25) is 0 Å². The van der Waals surface area contributed by atoms with E-state index in [2.05, 4.69) is 21.2 Å². The lowest BCUT2D eigenvalue weighted by molar-refractivity contribution is 0.0761. The smallest absolute Gasteiger partial charge is 0.257 e. The molecule has 24 heavy (non-hydrogen) atoms. The van der Waals surface area contributed by atoms with Crippen LogP contribution in [-0.4, -0.2) is 21.7 Å². The Morgan fingerprint density at radius 1 is 1.38 bits per heavy atom. The number of ether oxygens (including phenoxy) is 1. The van der Waals surface area contributed by atoms with Crippen molar-refractivity contribution < 1.29 is 9.26 Å². The van der Waals surface area contributed by atoms with Crippen LogP contribution in [-0.2, 0) is 11.2 Å². The molecule has 0 fully saturated rings. The quantitative estimate of drug-likeness (QED) is 0.679. The Morgan fingerprint density at radius 3 is 3.04 bits per heavy atom. The third-order valence-corrected chi connectivity index (χ3v) is 4.43. The fourth-order valence-corrected chi connectivity index (χ4v) is 3.06. The number of benzene rings is 1. The number of nitrogens with zero attached hydrogens (tertiary/aromatic N) is 4. The summed E-state index contributed by atoms with van der Waals surface area (Å²) in [6, 6.07) is 9.18. The maximum Gasteiger partial charge on any atom is 0.257 e. The molecule has 1 atom stereocenters. The molecule has 3 rings (SSSR count). The average molecular weight is 340 g/mol. The Hall–Kier alpha value is -2.56. The molecule has 0 unspecified atom stereocenters. The minimum atomic E-state index is -0.0108. The van der Waals surface area contributed by atoms with Crippen LogP contribution in [0.4, 0.5) is 0 Å². The number of hydrogen-bond donors (Lipinski definition) is 0. The van der Waals surface area contributed by atoms with E-state index in [4.69, 9.17) is 14.5 Å². The summed E-state index contributed by atoms with van der Waals surface area (Å²) in [5, 5.41) is 15.9. The molecule has 0 radical (unpaired) electrons. The Balaban J connectivity index is 1.73. The maximum absolute atomic E-state index is 8.96. The van der Waals surface area contributed by atoms with Crippen LogP contribution < -0.4 is 0 Å². The van der Waals surface area contributed by atoms with Crippen LogP contribution in [0.2, 0.25) is 0 Å². The Kier molecular flexibility index (Phi) is 4.99. The summed E-state index contributed by atoms with van der Waals surface area (Å²) in [7, 11) is 0. The van der Waals surface area contributed by atoms with Crippen molar-refractivity contribution in [2.75, 3.05) is 6.61 Å². The standard InChI is InChI=1S/C17H16N4O2S/c1-3-22-11(2)17-19-14(10-24-17)8-15-20-16(23-21-15)13-6-4-5-12(7-13)9-18/h4-7,10-11H,3,8H2,1-2H3/t11-/m0/s1. The minimum Gasteiger partial charge on any atom is -0.372 e. The van der Waals surface area contributed by atoms with Crippen molar-refractivity contribution in [2.45, 2.75) is 26.4 Å². The van der Waals surface area contributed by atoms with Crippen LogP contribution in [0.1, 0.15) is 42.0 Å². The molecule has 2 heterocycles. The van der Waals surface area contributed by atoms with E-state index in [9.17, 15) is 0 Å². The summed E-state index contributed by atoms with van der Waals surface area (Å²) < 4.78 is 10.8. The van der Waals surface area contributed by atoms with Gasteiger partial charge in [0, 0.05) is 17.6 Å². The van der Waals surface area contributed by atoms with Gasteiger partial charge >= 0.3 is 0 Å². The normalized spacial score (nSPS) is 12.0. The molecular weight excluding hydrogens is 324 g/mol. The Bertz CT molecular complexity index is 865. The first-order valence-corrected chi connectivity index (χ1v) is 8.46. The second kappa shape index (κ2) is 7.34. The van der Waals surface area contributed by atoms with Gasteiger partial charge in [-0.1, -0.05) is 11.2 Å². The van der Waals surface area contributed by atoms with Crippen LogP contribution in [0.5, 0.6) is 0 Å². The lowest BCUT2D eigenvalue weighted by Gasteiger charge is -2.06. The van der Waals surface area contributed by atoms with Crippen molar-refractivity contribution in [3.63, 3.8) is 0 Å². The number of rotatable bonds is 6. The summed E-state index contributed by atoms with van der Waals surface area (Å²) in [6.07, 6.45) is 0.486. The lowest BCUT2D eigenvalue weighted by atomic mass is 10.1. The predicted molar refractivity (Wildman–Crippen MR) is 89.4 cm³/mol. The largest absolute Gasteiger partial charge is 0.372 e. The zero-order valence-corrected chi connectivity index (χ0v) is 14.2. The summed E-state index contributed by atoms with van der Waals surface area (Å²) in [6.45, 7) is 4.61. The van der Waals surface area contributed by atoms with Crippen LogP contribution >= 0.6 is 11.3 Å². The fourth-order valence-electron chi connectivity index (χ4n) is 2.24. The molecular formula is C17H16N4O2S. The monoisotopic (exact) mass is 340 g/mol. The van der Waals surface area contributed by atoms with E-state index in [0.29, 0.717) is 30.3 Å². The molecule has 122 valence electrons. The number of nitriles is 1. The lowest BCUT2D eigenvalue weighted by Crippen LogP contribution is -1.99. The summed E-state index contributed by atoms with van der Waals surface area (Å²) in [5.74, 6) is 0.966. The molecule has 3 aromatic rings. The van der Waals surface area contributed by atoms with Gasteiger partial charge in [0.1, 0.15) is 11.1 Å². The average Bonchev–Trinajstić information content (AvgIpc) is 3.25. The van der Waals surface area contributed by atoms with Crippen molar-refractivity contribution in [3.8, 4) is 17.5 Å². The van der Waals surface area contributed by atoms with Gasteiger partial charge < -0.3 is 9.26 Å². The molecule has 0 spiro atoms. The Labute approximate surface area is 143 Å².